The number of unbranched alkanes of at least 4 members (excludes halogenated alkanes) is 4. The molecule has 0 heterocycles. The highest BCUT2D eigenvalue weighted by Crippen LogP contribution is 2.04. The maximum atomic E-state index is 10.5. The number of aliphatic hydroxyl groups excluding tert-OH is 1. The maximum absolute atomic E-state index is 10.5. The summed E-state index contributed by atoms with van der Waals surface area (Å²) in [5.74, 6) is 10.1. The summed E-state index contributed by atoms with van der Waals surface area (Å²) in [6, 6.07) is 0. The van der Waals surface area contributed by atoms with Gasteiger partial charge in [0.2, 0.25) is 0 Å². The van der Waals surface area contributed by atoms with Crippen LogP contribution in [0, 0.1) is 23.7 Å². The van der Waals surface area contributed by atoms with Gasteiger partial charge in [0.25, 0.3) is 0 Å². The van der Waals surface area contributed by atoms with E-state index in [9.17, 15) is 9.90 Å². The van der Waals surface area contributed by atoms with Gasteiger partial charge in [0.15, 0.2) is 0 Å². The number of hydrogen-bond acceptors (Lipinski definition) is 3. The van der Waals surface area contributed by atoms with E-state index in [2.05, 4.69) is 35.0 Å². The van der Waals surface area contributed by atoms with E-state index in [0.717, 1.165) is 19.3 Å². The Morgan fingerprint density at radius 2 is 2.00 bits per heavy atom. The van der Waals surface area contributed by atoms with Gasteiger partial charge in [0.05, 0.1) is 0 Å². The first-order valence-corrected chi connectivity index (χ1v) is 7.42. The Morgan fingerprint density at radius 1 is 1.23 bits per heavy atom. The van der Waals surface area contributed by atoms with Crippen molar-refractivity contribution in [3.05, 3.63) is 37.0 Å². The fraction of sp³-hybridized carbons (Fsp3) is 0.421. The van der Waals surface area contributed by atoms with E-state index >= 15 is 0 Å². The van der Waals surface area contributed by atoms with Crippen LogP contribution in [-0.2, 0) is 9.53 Å². The van der Waals surface area contributed by atoms with Gasteiger partial charge in [-0.05, 0) is 55.8 Å². The van der Waals surface area contributed by atoms with Crippen molar-refractivity contribution < 1.29 is 14.6 Å². The van der Waals surface area contributed by atoms with Crippen LogP contribution in [0.2, 0.25) is 0 Å². The number of aliphatic hydroxyl groups is 1. The molecule has 0 fully saturated rings. The van der Waals surface area contributed by atoms with Crippen molar-refractivity contribution in [2.75, 3.05) is 6.61 Å². The average molecular weight is 300 g/mol. The minimum atomic E-state index is -0.785. The Morgan fingerprint density at radius 3 is 2.73 bits per heavy atom. The van der Waals surface area contributed by atoms with Crippen molar-refractivity contribution in [2.24, 2.45) is 0 Å². The molecule has 0 saturated carbocycles. The number of ether oxygens (including phenoxy) is 1. The second-order valence-corrected chi connectivity index (χ2v) is 4.54. The third kappa shape index (κ3) is 15.8. The fourth-order valence-electron chi connectivity index (χ4n) is 1.46. The summed E-state index contributed by atoms with van der Waals surface area (Å²) >= 11 is 0. The Balaban J connectivity index is 3.81. The first kappa shape index (κ1) is 19.8. The standard InChI is InChI=1S/C19H24O3/c1-3-4-5-6-7-9-12-15-19(21)16-13-10-8-11-14-17-22-18(2)20/h3,11-12,14-15,19,21H,1,4-7,9,17H2,2H3/b14-11+,15-12?/t19-/m0/s1. The quantitative estimate of drug-likeness (QED) is 0.308. The number of carbonyl (C=O) groups is 1. The molecule has 0 rings (SSSR count). The monoisotopic (exact) mass is 300 g/mol. The number of hydrogen-bond donors (Lipinski definition) is 1. The van der Waals surface area contributed by atoms with Gasteiger partial charge >= 0.3 is 5.97 Å². The second-order valence-electron chi connectivity index (χ2n) is 4.54. The molecule has 3 nitrogen and oxygen atoms in total. The molecule has 3 heteroatoms. The molecule has 1 N–H and O–H groups in total. The lowest BCUT2D eigenvalue weighted by molar-refractivity contribution is -0.139. The predicted molar refractivity (Wildman–Crippen MR) is 89.8 cm³/mol. The van der Waals surface area contributed by atoms with Crippen LogP contribution in [0.4, 0.5) is 0 Å². The lowest BCUT2D eigenvalue weighted by Crippen LogP contribution is -1.97. The molecular weight excluding hydrogens is 276 g/mol. The van der Waals surface area contributed by atoms with Gasteiger partial charge in [0, 0.05) is 6.92 Å². The number of carbonyl (C=O) groups excluding carboxylic acids is 1. The summed E-state index contributed by atoms with van der Waals surface area (Å²) in [4.78, 5) is 10.5. The summed E-state index contributed by atoms with van der Waals surface area (Å²) in [5, 5.41) is 9.57. The van der Waals surface area contributed by atoms with Gasteiger partial charge < -0.3 is 9.84 Å². The van der Waals surface area contributed by atoms with E-state index in [0.29, 0.717) is 0 Å². The van der Waals surface area contributed by atoms with Crippen LogP contribution in [0.5, 0.6) is 0 Å². The van der Waals surface area contributed by atoms with Crippen LogP contribution in [0.15, 0.2) is 37.0 Å². The molecule has 0 saturated heterocycles. The minimum Gasteiger partial charge on any atom is -0.462 e. The van der Waals surface area contributed by atoms with Crippen LogP contribution >= 0.6 is 0 Å². The lowest BCUT2D eigenvalue weighted by Gasteiger charge is -1.95. The molecule has 0 aliphatic heterocycles. The first-order chi connectivity index (χ1) is 10.7. The van der Waals surface area contributed by atoms with E-state index in [4.69, 9.17) is 0 Å². The predicted octanol–water partition coefficient (Wildman–Crippen LogP) is 3.17. The molecule has 0 aliphatic rings. The van der Waals surface area contributed by atoms with Crippen LogP contribution in [0.25, 0.3) is 0 Å². The smallest absolute Gasteiger partial charge is 0.302 e. The number of rotatable bonds is 9. The Hall–Kier alpha value is -2.23. The fourth-order valence-corrected chi connectivity index (χ4v) is 1.46. The van der Waals surface area contributed by atoms with E-state index in [1.807, 2.05) is 12.2 Å². The van der Waals surface area contributed by atoms with Gasteiger partial charge in [-0.2, -0.15) is 0 Å². The molecule has 0 aliphatic carbocycles. The van der Waals surface area contributed by atoms with Crippen molar-refractivity contribution in [3.63, 3.8) is 0 Å². The molecule has 22 heavy (non-hydrogen) atoms. The van der Waals surface area contributed by atoms with Crippen molar-refractivity contribution in [3.8, 4) is 23.7 Å². The minimum absolute atomic E-state index is 0.204. The number of allylic oxidation sites excluding steroid dienone is 3. The van der Waals surface area contributed by atoms with Crippen LogP contribution in [-0.4, -0.2) is 23.8 Å². The third-order valence-electron chi connectivity index (χ3n) is 2.54. The average Bonchev–Trinajstić information content (AvgIpc) is 2.48. The SMILES string of the molecule is C=CCCCCCC=C[C@H](O)C#CC#C/C=C/COC(C)=O. The number of esters is 1. The highest BCUT2D eigenvalue weighted by atomic mass is 16.5. The highest BCUT2D eigenvalue weighted by molar-refractivity contribution is 5.66. The Bertz CT molecular complexity index is 492. The first-order valence-electron chi connectivity index (χ1n) is 7.42. The molecule has 0 radical (unpaired) electrons. The molecule has 0 bridgehead atoms. The van der Waals surface area contributed by atoms with E-state index < -0.39 is 6.10 Å². The van der Waals surface area contributed by atoms with Gasteiger partial charge in [-0.15, -0.1) is 6.58 Å². The van der Waals surface area contributed by atoms with Crippen molar-refractivity contribution in [1.82, 2.24) is 0 Å². The highest BCUT2D eigenvalue weighted by Gasteiger charge is 1.90. The van der Waals surface area contributed by atoms with Gasteiger partial charge in [-0.1, -0.05) is 30.4 Å². The van der Waals surface area contributed by atoms with Crippen LogP contribution in [0.1, 0.15) is 39.0 Å². The molecule has 0 amide bonds. The van der Waals surface area contributed by atoms with Crippen LogP contribution < -0.4 is 0 Å². The lowest BCUT2D eigenvalue weighted by atomic mass is 10.1. The summed E-state index contributed by atoms with van der Waals surface area (Å²) in [6.45, 7) is 5.24. The van der Waals surface area contributed by atoms with E-state index in [-0.39, 0.29) is 12.6 Å². The van der Waals surface area contributed by atoms with Gasteiger partial charge in [0.1, 0.15) is 12.7 Å². The Labute approximate surface area is 133 Å². The molecule has 118 valence electrons. The normalized spacial score (nSPS) is 11.4. The maximum Gasteiger partial charge on any atom is 0.302 e. The zero-order valence-electron chi connectivity index (χ0n) is 13.2. The van der Waals surface area contributed by atoms with E-state index in [1.165, 1.54) is 19.8 Å². The summed E-state index contributed by atoms with van der Waals surface area (Å²) in [7, 11) is 0. The van der Waals surface area contributed by atoms with Crippen LogP contribution in [0.3, 0.4) is 0 Å². The summed E-state index contributed by atoms with van der Waals surface area (Å²) in [5.41, 5.74) is 0. The molecule has 0 aromatic carbocycles. The summed E-state index contributed by atoms with van der Waals surface area (Å²) in [6.07, 6.45) is 13.4. The molecule has 1 atom stereocenters. The van der Waals surface area contributed by atoms with Gasteiger partial charge in [-0.25, -0.2) is 0 Å². The molecule has 0 aromatic heterocycles. The zero-order valence-corrected chi connectivity index (χ0v) is 13.2. The van der Waals surface area contributed by atoms with Crippen molar-refractivity contribution >= 4 is 5.97 Å². The molecular formula is C19H24O3. The van der Waals surface area contributed by atoms with Crippen molar-refractivity contribution in [1.29, 1.82) is 0 Å². The molecule has 0 spiro atoms. The topological polar surface area (TPSA) is 46.5 Å². The van der Waals surface area contributed by atoms with Gasteiger partial charge in [-0.3, -0.25) is 4.79 Å². The molecule has 0 aromatic rings. The third-order valence-corrected chi connectivity index (χ3v) is 2.54. The zero-order chi connectivity index (χ0) is 16.5. The summed E-state index contributed by atoms with van der Waals surface area (Å²) < 4.78 is 4.69. The Kier molecular flexibility index (Phi) is 13.6. The molecule has 0 unspecified atom stereocenters. The second kappa shape index (κ2) is 15.2. The van der Waals surface area contributed by atoms with Crippen molar-refractivity contribution in [2.45, 2.75) is 45.1 Å². The van der Waals surface area contributed by atoms with E-state index in [1.54, 1.807) is 18.2 Å². The largest absolute Gasteiger partial charge is 0.462 e.